The number of oxazole rings is 1. The Labute approximate surface area is 109 Å². The van der Waals surface area contributed by atoms with Gasteiger partial charge in [0.1, 0.15) is 0 Å². The third-order valence-electron chi connectivity index (χ3n) is 2.55. The van der Waals surface area contributed by atoms with Crippen LogP contribution in [0.2, 0.25) is 0 Å². The van der Waals surface area contributed by atoms with Crippen LogP contribution in [-0.2, 0) is 6.42 Å². The zero-order valence-corrected chi connectivity index (χ0v) is 11.4. The summed E-state index contributed by atoms with van der Waals surface area (Å²) in [5.41, 5.74) is 1.58. The van der Waals surface area contributed by atoms with E-state index < -0.39 is 5.97 Å². The summed E-state index contributed by atoms with van der Waals surface area (Å²) in [4.78, 5) is 16.4. The van der Waals surface area contributed by atoms with Gasteiger partial charge in [0.15, 0.2) is 0 Å². The number of hydrogen-bond donors (Lipinski definition) is 1. The first-order chi connectivity index (χ1) is 8.49. The summed E-state index contributed by atoms with van der Waals surface area (Å²) in [6.07, 6.45) is 0.607. The highest BCUT2D eigenvalue weighted by Gasteiger charge is 2.22. The molecule has 0 amide bonds. The van der Waals surface area contributed by atoms with E-state index in [9.17, 15) is 4.79 Å². The first-order valence-electron chi connectivity index (χ1n) is 5.76. The molecule has 2 heterocycles. The lowest BCUT2D eigenvalue weighted by Gasteiger charge is -1.99. The molecule has 2 aromatic rings. The molecule has 0 saturated carbocycles. The van der Waals surface area contributed by atoms with E-state index in [0.29, 0.717) is 23.9 Å². The lowest BCUT2D eigenvalue weighted by molar-refractivity contribution is 0.0661. The Balaban J connectivity index is 2.45. The van der Waals surface area contributed by atoms with Gasteiger partial charge in [0.25, 0.3) is 0 Å². The van der Waals surface area contributed by atoms with Crippen molar-refractivity contribution in [2.75, 3.05) is 0 Å². The van der Waals surface area contributed by atoms with Gasteiger partial charge in [-0.1, -0.05) is 13.8 Å². The van der Waals surface area contributed by atoms with Crippen LogP contribution in [0, 0.1) is 12.8 Å². The van der Waals surface area contributed by atoms with Gasteiger partial charge in [-0.2, -0.15) is 0 Å². The standard InChI is InChI=1S/C13H15NO3S/c1-7(2)6-9-10(13(15)16)17-12(14-9)11-8(3)4-5-18-11/h4-5,7H,6H2,1-3H3,(H,15,16). The monoisotopic (exact) mass is 265 g/mol. The molecular formula is C13H15NO3S. The van der Waals surface area contributed by atoms with Crippen LogP contribution in [0.3, 0.4) is 0 Å². The first kappa shape index (κ1) is 12.8. The average molecular weight is 265 g/mol. The van der Waals surface area contributed by atoms with Crippen LogP contribution in [0.5, 0.6) is 0 Å². The number of hydrogen-bond acceptors (Lipinski definition) is 4. The Bertz CT molecular complexity index is 569. The SMILES string of the molecule is Cc1ccsc1-c1nc(CC(C)C)c(C(=O)O)o1. The molecule has 0 unspecified atom stereocenters. The van der Waals surface area contributed by atoms with Crippen molar-refractivity contribution < 1.29 is 14.3 Å². The Hall–Kier alpha value is -1.62. The fourth-order valence-corrected chi connectivity index (χ4v) is 2.58. The minimum Gasteiger partial charge on any atom is -0.475 e. The van der Waals surface area contributed by atoms with Crippen LogP contribution in [0.1, 0.15) is 35.7 Å². The van der Waals surface area contributed by atoms with E-state index in [1.165, 1.54) is 11.3 Å². The van der Waals surface area contributed by atoms with Gasteiger partial charge in [-0.15, -0.1) is 11.3 Å². The highest BCUT2D eigenvalue weighted by atomic mass is 32.1. The fraction of sp³-hybridized carbons (Fsp3) is 0.385. The van der Waals surface area contributed by atoms with Crippen LogP contribution in [-0.4, -0.2) is 16.1 Å². The zero-order chi connectivity index (χ0) is 13.3. The van der Waals surface area contributed by atoms with Crippen molar-refractivity contribution in [3.05, 3.63) is 28.5 Å². The van der Waals surface area contributed by atoms with E-state index in [-0.39, 0.29) is 5.76 Å². The molecule has 0 atom stereocenters. The second kappa shape index (κ2) is 4.94. The largest absolute Gasteiger partial charge is 0.475 e. The topological polar surface area (TPSA) is 63.3 Å². The van der Waals surface area contributed by atoms with Gasteiger partial charge in [0, 0.05) is 0 Å². The maximum absolute atomic E-state index is 11.1. The fourth-order valence-electron chi connectivity index (χ4n) is 1.73. The Morgan fingerprint density at radius 3 is 2.78 bits per heavy atom. The molecule has 0 bridgehead atoms. The van der Waals surface area contributed by atoms with Gasteiger partial charge >= 0.3 is 5.97 Å². The highest BCUT2D eigenvalue weighted by Crippen LogP contribution is 2.30. The number of nitrogens with zero attached hydrogens (tertiary/aromatic N) is 1. The summed E-state index contributed by atoms with van der Waals surface area (Å²) >= 11 is 1.51. The number of thiophene rings is 1. The number of aromatic carboxylic acids is 1. The van der Waals surface area contributed by atoms with Gasteiger partial charge in [-0.3, -0.25) is 0 Å². The molecule has 5 heteroatoms. The Morgan fingerprint density at radius 1 is 1.56 bits per heavy atom. The van der Waals surface area contributed by atoms with Crippen LogP contribution in [0.25, 0.3) is 10.8 Å². The van der Waals surface area contributed by atoms with Crippen molar-refractivity contribution in [3.8, 4) is 10.8 Å². The van der Waals surface area contributed by atoms with E-state index in [1.807, 2.05) is 32.2 Å². The van der Waals surface area contributed by atoms with Crippen molar-refractivity contribution in [1.29, 1.82) is 0 Å². The molecule has 2 aromatic heterocycles. The van der Waals surface area contributed by atoms with Gasteiger partial charge < -0.3 is 9.52 Å². The van der Waals surface area contributed by atoms with E-state index in [1.54, 1.807) is 0 Å². The maximum atomic E-state index is 11.1. The molecule has 0 aliphatic heterocycles. The second-order valence-corrected chi connectivity index (χ2v) is 5.55. The van der Waals surface area contributed by atoms with Crippen LogP contribution >= 0.6 is 11.3 Å². The van der Waals surface area contributed by atoms with E-state index in [0.717, 1.165) is 10.4 Å². The third kappa shape index (κ3) is 2.46. The normalized spacial score (nSPS) is 11.1. The number of carbonyl (C=O) groups is 1. The molecule has 2 rings (SSSR count). The van der Waals surface area contributed by atoms with Crippen LogP contribution < -0.4 is 0 Å². The predicted octanol–water partition coefficient (Wildman–Crippen LogP) is 3.61. The molecule has 0 radical (unpaired) electrons. The Morgan fingerprint density at radius 2 is 2.28 bits per heavy atom. The van der Waals surface area contributed by atoms with Gasteiger partial charge in [-0.25, -0.2) is 9.78 Å². The summed E-state index contributed by atoms with van der Waals surface area (Å²) < 4.78 is 5.40. The van der Waals surface area contributed by atoms with Crippen LogP contribution in [0.15, 0.2) is 15.9 Å². The molecule has 0 spiro atoms. The molecule has 0 aliphatic carbocycles. The van der Waals surface area contributed by atoms with E-state index >= 15 is 0 Å². The molecule has 1 N–H and O–H groups in total. The zero-order valence-electron chi connectivity index (χ0n) is 10.6. The second-order valence-electron chi connectivity index (χ2n) is 4.63. The number of carboxylic acid groups (broad SMARTS) is 1. The summed E-state index contributed by atoms with van der Waals surface area (Å²) in [7, 11) is 0. The molecule has 0 fully saturated rings. The molecule has 0 aromatic carbocycles. The van der Waals surface area contributed by atoms with Crippen molar-refractivity contribution in [2.45, 2.75) is 27.2 Å². The van der Waals surface area contributed by atoms with Crippen molar-refractivity contribution in [1.82, 2.24) is 4.98 Å². The van der Waals surface area contributed by atoms with E-state index in [4.69, 9.17) is 9.52 Å². The van der Waals surface area contributed by atoms with Gasteiger partial charge in [-0.05, 0) is 36.3 Å². The molecule has 4 nitrogen and oxygen atoms in total. The number of rotatable bonds is 4. The molecule has 0 saturated heterocycles. The highest BCUT2D eigenvalue weighted by molar-refractivity contribution is 7.13. The summed E-state index contributed by atoms with van der Waals surface area (Å²) in [6, 6.07) is 1.97. The van der Waals surface area contributed by atoms with Crippen LogP contribution in [0.4, 0.5) is 0 Å². The smallest absolute Gasteiger partial charge is 0.373 e. The first-order valence-corrected chi connectivity index (χ1v) is 6.64. The van der Waals surface area contributed by atoms with E-state index in [2.05, 4.69) is 4.98 Å². The third-order valence-corrected chi connectivity index (χ3v) is 3.55. The summed E-state index contributed by atoms with van der Waals surface area (Å²) in [6.45, 7) is 6.01. The molecule has 18 heavy (non-hydrogen) atoms. The summed E-state index contributed by atoms with van der Waals surface area (Å²) in [5.74, 6) is -0.342. The number of aromatic nitrogens is 1. The van der Waals surface area contributed by atoms with Gasteiger partial charge in [0.2, 0.25) is 11.7 Å². The maximum Gasteiger partial charge on any atom is 0.373 e. The van der Waals surface area contributed by atoms with Crippen molar-refractivity contribution in [2.24, 2.45) is 5.92 Å². The minimum absolute atomic E-state index is 0.0356. The lowest BCUT2D eigenvalue weighted by Crippen LogP contribution is -2.03. The Kier molecular flexibility index (Phi) is 3.52. The predicted molar refractivity (Wildman–Crippen MR) is 70.1 cm³/mol. The van der Waals surface area contributed by atoms with Crippen molar-refractivity contribution >= 4 is 17.3 Å². The molecular weight excluding hydrogens is 250 g/mol. The summed E-state index contributed by atoms with van der Waals surface area (Å²) in [5, 5.41) is 11.1. The minimum atomic E-state index is -1.06. The molecule has 0 aliphatic rings. The average Bonchev–Trinajstić information content (AvgIpc) is 2.83. The molecule has 96 valence electrons. The van der Waals surface area contributed by atoms with Crippen molar-refractivity contribution in [3.63, 3.8) is 0 Å². The number of carboxylic acids is 1. The quantitative estimate of drug-likeness (QED) is 0.917. The lowest BCUT2D eigenvalue weighted by atomic mass is 10.1. The van der Waals surface area contributed by atoms with Gasteiger partial charge in [0.05, 0.1) is 10.6 Å². The number of aryl methyl sites for hydroxylation is 1.